The van der Waals surface area contributed by atoms with Gasteiger partial charge in [-0.3, -0.25) is 0 Å². The molecular formula is C21H25F2N3. The van der Waals surface area contributed by atoms with Crippen molar-refractivity contribution >= 4 is 22.7 Å². The first-order valence-corrected chi connectivity index (χ1v) is 9.34. The number of hydrogen-bond donors (Lipinski definition) is 2. The van der Waals surface area contributed by atoms with E-state index in [-0.39, 0.29) is 16.9 Å². The highest BCUT2D eigenvalue weighted by Gasteiger charge is 2.43. The van der Waals surface area contributed by atoms with Crippen LogP contribution >= 0.6 is 0 Å². The van der Waals surface area contributed by atoms with Crippen LogP contribution in [0.15, 0.2) is 30.3 Å². The summed E-state index contributed by atoms with van der Waals surface area (Å²) in [5, 5.41) is 2.98. The van der Waals surface area contributed by atoms with Crippen molar-refractivity contribution in [1.82, 2.24) is 0 Å². The van der Waals surface area contributed by atoms with Crippen LogP contribution in [0.4, 0.5) is 31.5 Å². The van der Waals surface area contributed by atoms with Gasteiger partial charge in [0.15, 0.2) is 5.82 Å². The molecule has 3 nitrogen and oxygen atoms in total. The Kier molecular flexibility index (Phi) is 4.25. The summed E-state index contributed by atoms with van der Waals surface area (Å²) in [7, 11) is 0. The molecule has 26 heavy (non-hydrogen) atoms. The number of nitrogens with two attached hydrogens (primary N) is 1. The Hall–Kier alpha value is -2.30. The monoisotopic (exact) mass is 357 g/mol. The van der Waals surface area contributed by atoms with Crippen molar-refractivity contribution in [3.05, 3.63) is 47.5 Å². The number of nitrogens with zero attached hydrogens (tertiary/aromatic N) is 1. The van der Waals surface area contributed by atoms with Crippen molar-refractivity contribution in [2.45, 2.75) is 39.0 Å². The summed E-state index contributed by atoms with van der Waals surface area (Å²) in [4.78, 5) is 2.41. The molecule has 0 unspecified atom stereocenters. The molecule has 0 bridgehead atoms. The molecule has 138 valence electrons. The predicted molar refractivity (Wildman–Crippen MR) is 103 cm³/mol. The van der Waals surface area contributed by atoms with E-state index in [9.17, 15) is 8.78 Å². The first kappa shape index (κ1) is 17.1. The molecule has 1 saturated carbocycles. The van der Waals surface area contributed by atoms with Gasteiger partial charge in [0.05, 0.1) is 11.4 Å². The van der Waals surface area contributed by atoms with Gasteiger partial charge >= 0.3 is 0 Å². The fraction of sp³-hybridized carbons (Fsp3) is 0.429. The van der Waals surface area contributed by atoms with Crippen molar-refractivity contribution < 1.29 is 8.78 Å². The maximum absolute atomic E-state index is 14.3. The molecule has 1 spiro atoms. The highest BCUT2D eigenvalue weighted by Crippen LogP contribution is 2.45. The zero-order valence-corrected chi connectivity index (χ0v) is 15.1. The van der Waals surface area contributed by atoms with Crippen molar-refractivity contribution in [2.24, 2.45) is 5.41 Å². The molecule has 2 aromatic carbocycles. The third-order valence-corrected chi connectivity index (χ3v) is 5.95. The summed E-state index contributed by atoms with van der Waals surface area (Å²) in [5.41, 5.74) is 8.40. The molecule has 5 heteroatoms. The van der Waals surface area contributed by atoms with Crippen LogP contribution < -0.4 is 16.0 Å². The van der Waals surface area contributed by atoms with Crippen LogP contribution in [0.3, 0.4) is 0 Å². The Balaban J connectivity index is 1.45. The second-order valence-corrected chi connectivity index (χ2v) is 7.85. The SMILES string of the molecule is Cc1c(F)cc(N)c(Nc2ccc(N3CC4(CCCCC4)C3)cc2)c1F. The lowest BCUT2D eigenvalue weighted by molar-refractivity contribution is 0.139. The van der Waals surface area contributed by atoms with Gasteiger partial charge < -0.3 is 16.0 Å². The molecule has 3 N–H and O–H groups in total. The summed E-state index contributed by atoms with van der Waals surface area (Å²) in [6.07, 6.45) is 6.81. The first-order valence-electron chi connectivity index (χ1n) is 9.34. The average molecular weight is 357 g/mol. The van der Waals surface area contributed by atoms with E-state index < -0.39 is 11.6 Å². The van der Waals surface area contributed by atoms with Gasteiger partial charge in [-0.05, 0) is 50.1 Å². The third-order valence-electron chi connectivity index (χ3n) is 5.95. The summed E-state index contributed by atoms with van der Waals surface area (Å²) in [5.74, 6) is -1.27. The smallest absolute Gasteiger partial charge is 0.154 e. The van der Waals surface area contributed by atoms with E-state index in [1.807, 2.05) is 24.3 Å². The van der Waals surface area contributed by atoms with Crippen LogP contribution in [0.1, 0.15) is 37.7 Å². The van der Waals surface area contributed by atoms with Gasteiger partial charge in [0, 0.05) is 35.4 Å². The molecule has 0 amide bonds. The van der Waals surface area contributed by atoms with Gasteiger partial charge in [0.25, 0.3) is 0 Å². The Morgan fingerprint density at radius 2 is 1.69 bits per heavy atom. The van der Waals surface area contributed by atoms with Crippen LogP contribution in [0, 0.1) is 24.0 Å². The number of rotatable bonds is 3. The Labute approximate surface area is 153 Å². The number of anilines is 4. The molecule has 2 aliphatic rings. The Morgan fingerprint density at radius 3 is 2.35 bits per heavy atom. The van der Waals surface area contributed by atoms with E-state index in [0.29, 0.717) is 5.41 Å². The molecule has 0 aromatic heterocycles. The summed E-state index contributed by atoms with van der Waals surface area (Å²) in [6, 6.07) is 9.07. The standard InChI is InChI=1S/C21H25F2N3/c1-14-17(22)11-18(24)20(19(14)23)25-15-5-7-16(8-6-15)26-12-21(13-26)9-3-2-4-10-21/h5-8,11,25H,2-4,9-10,12-13,24H2,1H3. The van der Waals surface area contributed by atoms with Gasteiger partial charge in [0.2, 0.25) is 0 Å². The van der Waals surface area contributed by atoms with E-state index in [2.05, 4.69) is 10.2 Å². The molecule has 1 aliphatic heterocycles. The average Bonchev–Trinajstić information content (AvgIpc) is 2.63. The van der Waals surface area contributed by atoms with Gasteiger partial charge in [-0.1, -0.05) is 19.3 Å². The van der Waals surface area contributed by atoms with Crippen molar-refractivity contribution in [1.29, 1.82) is 0 Å². The van der Waals surface area contributed by atoms with E-state index >= 15 is 0 Å². The summed E-state index contributed by atoms with van der Waals surface area (Å²) < 4.78 is 27.8. The zero-order valence-electron chi connectivity index (χ0n) is 15.1. The van der Waals surface area contributed by atoms with E-state index in [0.717, 1.165) is 24.8 Å². The Morgan fingerprint density at radius 1 is 1.04 bits per heavy atom. The van der Waals surface area contributed by atoms with Crippen LogP contribution in [0.5, 0.6) is 0 Å². The fourth-order valence-corrected chi connectivity index (χ4v) is 4.33. The maximum atomic E-state index is 14.3. The minimum atomic E-state index is -0.645. The zero-order chi connectivity index (χ0) is 18.3. The second-order valence-electron chi connectivity index (χ2n) is 7.85. The molecular weight excluding hydrogens is 332 g/mol. The van der Waals surface area contributed by atoms with E-state index in [1.54, 1.807) is 0 Å². The van der Waals surface area contributed by atoms with Crippen LogP contribution in [0.25, 0.3) is 0 Å². The molecule has 0 atom stereocenters. The lowest BCUT2D eigenvalue weighted by Crippen LogP contribution is -2.57. The van der Waals surface area contributed by atoms with Crippen molar-refractivity contribution in [3.63, 3.8) is 0 Å². The second kappa shape index (κ2) is 6.45. The van der Waals surface area contributed by atoms with Crippen molar-refractivity contribution in [3.8, 4) is 0 Å². The van der Waals surface area contributed by atoms with Gasteiger partial charge in [-0.15, -0.1) is 0 Å². The fourth-order valence-electron chi connectivity index (χ4n) is 4.33. The summed E-state index contributed by atoms with van der Waals surface area (Å²) in [6.45, 7) is 3.68. The minimum absolute atomic E-state index is 0.0309. The molecule has 1 saturated heterocycles. The first-order chi connectivity index (χ1) is 12.5. The highest BCUT2D eigenvalue weighted by atomic mass is 19.1. The number of nitrogen functional groups attached to an aromatic ring is 1. The molecule has 2 fully saturated rings. The van der Waals surface area contributed by atoms with Crippen molar-refractivity contribution in [2.75, 3.05) is 29.0 Å². The van der Waals surface area contributed by atoms with Gasteiger partial charge in [0.1, 0.15) is 5.82 Å². The van der Waals surface area contributed by atoms with Gasteiger partial charge in [-0.25, -0.2) is 8.78 Å². The largest absolute Gasteiger partial charge is 0.397 e. The topological polar surface area (TPSA) is 41.3 Å². The number of halogens is 2. The molecule has 1 aliphatic carbocycles. The Bertz CT molecular complexity index is 803. The predicted octanol–water partition coefficient (Wildman–Crippen LogP) is 5.37. The molecule has 0 radical (unpaired) electrons. The maximum Gasteiger partial charge on any atom is 0.154 e. The number of hydrogen-bond acceptors (Lipinski definition) is 3. The summed E-state index contributed by atoms with van der Waals surface area (Å²) >= 11 is 0. The number of nitrogens with one attached hydrogen (secondary N) is 1. The van der Waals surface area contributed by atoms with E-state index in [1.165, 1.54) is 44.7 Å². The normalized spacial score (nSPS) is 18.7. The van der Waals surface area contributed by atoms with Gasteiger partial charge in [-0.2, -0.15) is 0 Å². The van der Waals surface area contributed by atoms with E-state index in [4.69, 9.17) is 5.73 Å². The lowest BCUT2D eigenvalue weighted by Gasteiger charge is -2.53. The molecule has 4 rings (SSSR count). The third kappa shape index (κ3) is 3.00. The minimum Gasteiger partial charge on any atom is -0.397 e. The lowest BCUT2D eigenvalue weighted by atomic mass is 9.68. The van der Waals surface area contributed by atoms with Crippen LogP contribution in [0.2, 0.25) is 0 Å². The number of benzene rings is 2. The molecule has 2 aromatic rings. The quantitative estimate of drug-likeness (QED) is 0.726. The molecule has 1 heterocycles. The highest BCUT2D eigenvalue weighted by molar-refractivity contribution is 5.75. The van der Waals surface area contributed by atoms with Crippen LogP contribution in [-0.2, 0) is 0 Å². The van der Waals surface area contributed by atoms with Crippen LogP contribution in [-0.4, -0.2) is 13.1 Å².